The van der Waals surface area contributed by atoms with Gasteiger partial charge >= 0.3 is 6.03 Å². The summed E-state index contributed by atoms with van der Waals surface area (Å²) < 4.78 is 0.880. The van der Waals surface area contributed by atoms with Crippen LogP contribution in [0.3, 0.4) is 0 Å². The van der Waals surface area contributed by atoms with Gasteiger partial charge in [-0.2, -0.15) is 0 Å². The highest BCUT2D eigenvalue weighted by Crippen LogP contribution is 2.28. The number of aromatic nitrogens is 1. The van der Waals surface area contributed by atoms with Crippen molar-refractivity contribution >= 4 is 44.3 Å². The fraction of sp³-hybridized carbons (Fsp3) is 0.0870. The topological polar surface area (TPSA) is 83.1 Å². The fourth-order valence-electron chi connectivity index (χ4n) is 2.95. The van der Waals surface area contributed by atoms with E-state index < -0.39 is 0 Å². The van der Waals surface area contributed by atoms with E-state index in [4.69, 9.17) is 0 Å². The van der Waals surface area contributed by atoms with E-state index >= 15 is 0 Å². The summed E-state index contributed by atoms with van der Waals surface area (Å²) in [5.41, 5.74) is 3.41. The number of nitrogens with one attached hydrogen (secondary N) is 3. The molecule has 6 nitrogen and oxygen atoms in total. The minimum Gasteiger partial charge on any atom is -0.334 e. The predicted molar refractivity (Wildman–Crippen MR) is 121 cm³/mol. The van der Waals surface area contributed by atoms with Gasteiger partial charge in [0.25, 0.3) is 0 Å². The lowest BCUT2D eigenvalue weighted by atomic mass is 10.1. The minimum atomic E-state index is -0.279. The standard InChI is InChI=1S/C23H20N4O2S/c28-21(13-16-7-3-1-4-8-16)27-23-26-19-12-11-18(14-20(19)30-23)25-22(29)24-15-17-9-5-2-6-10-17/h1-12,14H,13,15H2,(H2,24,25,29)(H,26,27,28). The van der Waals surface area contributed by atoms with Gasteiger partial charge in [-0.1, -0.05) is 72.0 Å². The number of carbonyl (C=O) groups excluding carboxylic acids is 2. The van der Waals surface area contributed by atoms with Crippen molar-refractivity contribution in [2.24, 2.45) is 0 Å². The molecule has 1 heterocycles. The van der Waals surface area contributed by atoms with Crippen molar-refractivity contribution in [2.75, 3.05) is 10.6 Å². The Hall–Kier alpha value is -3.71. The first-order valence-electron chi connectivity index (χ1n) is 9.49. The average Bonchev–Trinajstić information content (AvgIpc) is 3.15. The number of carbonyl (C=O) groups is 2. The third-order valence-electron chi connectivity index (χ3n) is 4.40. The van der Waals surface area contributed by atoms with Crippen LogP contribution in [0.4, 0.5) is 15.6 Å². The third-order valence-corrected chi connectivity index (χ3v) is 5.33. The van der Waals surface area contributed by atoms with Gasteiger partial charge in [-0.05, 0) is 29.3 Å². The molecule has 0 bridgehead atoms. The van der Waals surface area contributed by atoms with Gasteiger partial charge in [0.05, 0.1) is 16.6 Å². The molecular formula is C23H20N4O2S. The van der Waals surface area contributed by atoms with Gasteiger partial charge in [0, 0.05) is 12.2 Å². The molecule has 0 radical (unpaired) electrons. The fourth-order valence-corrected chi connectivity index (χ4v) is 3.88. The Morgan fingerprint density at radius 3 is 2.27 bits per heavy atom. The molecule has 3 amide bonds. The maximum absolute atomic E-state index is 12.3. The van der Waals surface area contributed by atoms with Crippen LogP contribution in [0.25, 0.3) is 10.2 Å². The van der Waals surface area contributed by atoms with Crippen LogP contribution in [0.5, 0.6) is 0 Å². The molecule has 7 heteroatoms. The van der Waals surface area contributed by atoms with E-state index in [1.807, 2.05) is 72.8 Å². The second kappa shape index (κ2) is 9.19. The largest absolute Gasteiger partial charge is 0.334 e. The maximum atomic E-state index is 12.3. The molecule has 0 unspecified atom stereocenters. The number of nitrogens with zero attached hydrogens (tertiary/aromatic N) is 1. The van der Waals surface area contributed by atoms with E-state index in [2.05, 4.69) is 20.9 Å². The molecule has 30 heavy (non-hydrogen) atoms. The number of anilines is 2. The summed E-state index contributed by atoms with van der Waals surface area (Å²) in [5, 5.41) is 9.05. The smallest absolute Gasteiger partial charge is 0.319 e. The SMILES string of the molecule is O=C(Cc1ccccc1)Nc1nc2ccc(NC(=O)NCc3ccccc3)cc2s1. The van der Waals surface area contributed by atoms with Gasteiger partial charge in [0.2, 0.25) is 5.91 Å². The number of benzene rings is 3. The number of thiazole rings is 1. The van der Waals surface area contributed by atoms with Crippen LogP contribution in [0.1, 0.15) is 11.1 Å². The number of hydrogen-bond acceptors (Lipinski definition) is 4. The Morgan fingerprint density at radius 1 is 0.833 bits per heavy atom. The number of rotatable bonds is 6. The molecule has 0 saturated carbocycles. The van der Waals surface area contributed by atoms with Crippen molar-refractivity contribution in [3.8, 4) is 0 Å². The van der Waals surface area contributed by atoms with Crippen molar-refractivity contribution in [3.05, 3.63) is 90.0 Å². The van der Waals surface area contributed by atoms with Gasteiger partial charge in [0.1, 0.15) is 0 Å². The average molecular weight is 417 g/mol. The van der Waals surface area contributed by atoms with Crippen molar-refractivity contribution in [1.29, 1.82) is 0 Å². The van der Waals surface area contributed by atoms with Gasteiger partial charge < -0.3 is 16.0 Å². The van der Waals surface area contributed by atoms with Gasteiger partial charge in [0.15, 0.2) is 5.13 Å². The Bertz CT molecular complexity index is 1160. The first-order chi connectivity index (χ1) is 14.7. The summed E-state index contributed by atoms with van der Waals surface area (Å²) >= 11 is 1.37. The van der Waals surface area contributed by atoms with Crippen LogP contribution in [-0.2, 0) is 17.8 Å². The Labute approximate surface area is 178 Å². The highest BCUT2D eigenvalue weighted by molar-refractivity contribution is 7.22. The molecule has 0 saturated heterocycles. The molecular weight excluding hydrogens is 396 g/mol. The first-order valence-corrected chi connectivity index (χ1v) is 10.3. The molecule has 0 aliphatic heterocycles. The summed E-state index contributed by atoms with van der Waals surface area (Å²) in [6.45, 7) is 0.451. The van der Waals surface area contributed by atoms with Crippen LogP contribution in [0.15, 0.2) is 78.9 Å². The van der Waals surface area contributed by atoms with E-state index in [1.165, 1.54) is 11.3 Å². The summed E-state index contributed by atoms with van der Waals surface area (Å²) in [6, 6.07) is 24.5. The molecule has 0 fully saturated rings. The highest BCUT2D eigenvalue weighted by atomic mass is 32.1. The summed E-state index contributed by atoms with van der Waals surface area (Å²) in [5.74, 6) is -0.112. The Kier molecular flexibility index (Phi) is 6.01. The maximum Gasteiger partial charge on any atom is 0.319 e. The summed E-state index contributed by atoms with van der Waals surface area (Å²) in [6.07, 6.45) is 0.297. The zero-order valence-corrected chi connectivity index (χ0v) is 16.9. The minimum absolute atomic E-state index is 0.112. The third kappa shape index (κ3) is 5.21. The van der Waals surface area contributed by atoms with Crippen LogP contribution in [0.2, 0.25) is 0 Å². The van der Waals surface area contributed by atoms with E-state index in [1.54, 1.807) is 6.07 Å². The zero-order chi connectivity index (χ0) is 20.8. The molecule has 0 spiro atoms. The van der Waals surface area contributed by atoms with E-state index in [0.717, 1.165) is 21.3 Å². The molecule has 0 aliphatic carbocycles. The quantitative estimate of drug-likeness (QED) is 0.422. The predicted octanol–water partition coefficient (Wildman–Crippen LogP) is 4.80. The number of urea groups is 1. The molecule has 0 aliphatic rings. The summed E-state index contributed by atoms with van der Waals surface area (Å²) in [4.78, 5) is 28.9. The number of fused-ring (bicyclic) bond motifs is 1. The molecule has 150 valence electrons. The van der Waals surface area contributed by atoms with Gasteiger partial charge in [-0.25, -0.2) is 9.78 Å². The van der Waals surface area contributed by atoms with Crippen molar-refractivity contribution in [3.63, 3.8) is 0 Å². The first kappa shape index (κ1) is 19.6. The van der Waals surface area contributed by atoms with Crippen molar-refractivity contribution in [1.82, 2.24) is 10.3 Å². The normalized spacial score (nSPS) is 10.5. The lowest BCUT2D eigenvalue weighted by Crippen LogP contribution is -2.28. The van der Waals surface area contributed by atoms with Crippen LogP contribution in [-0.4, -0.2) is 16.9 Å². The highest BCUT2D eigenvalue weighted by Gasteiger charge is 2.10. The van der Waals surface area contributed by atoms with Crippen LogP contribution in [0, 0.1) is 0 Å². The zero-order valence-electron chi connectivity index (χ0n) is 16.1. The molecule has 4 rings (SSSR count). The Morgan fingerprint density at radius 2 is 1.53 bits per heavy atom. The monoisotopic (exact) mass is 416 g/mol. The lowest BCUT2D eigenvalue weighted by Gasteiger charge is -2.07. The second-order valence-corrected chi connectivity index (χ2v) is 7.74. The van der Waals surface area contributed by atoms with Crippen molar-refractivity contribution < 1.29 is 9.59 Å². The van der Waals surface area contributed by atoms with Crippen LogP contribution >= 0.6 is 11.3 Å². The van der Waals surface area contributed by atoms with Gasteiger partial charge in [-0.15, -0.1) is 0 Å². The van der Waals surface area contributed by atoms with Gasteiger partial charge in [-0.3, -0.25) is 4.79 Å². The van der Waals surface area contributed by atoms with E-state index in [9.17, 15) is 9.59 Å². The molecule has 3 aromatic carbocycles. The molecule has 1 aromatic heterocycles. The number of amides is 3. The molecule has 3 N–H and O–H groups in total. The molecule has 0 atom stereocenters. The van der Waals surface area contributed by atoms with E-state index in [-0.39, 0.29) is 11.9 Å². The van der Waals surface area contributed by atoms with Crippen LogP contribution < -0.4 is 16.0 Å². The lowest BCUT2D eigenvalue weighted by molar-refractivity contribution is -0.115. The molecule has 4 aromatic rings. The van der Waals surface area contributed by atoms with Crippen molar-refractivity contribution in [2.45, 2.75) is 13.0 Å². The van der Waals surface area contributed by atoms with E-state index in [0.29, 0.717) is 23.8 Å². The Balaban J connectivity index is 1.36. The second-order valence-electron chi connectivity index (χ2n) is 6.71. The summed E-state index contributed by atoms with van der Waals surface area (Å²) in [7, 11) is 0. The number of hydrogen-bond donors (Lipinski definition) is 3.